The van der Waals surface area contributed by atoms with Crippen molar-refractivity contribution in [3.63, 3.8) is 0 Å². The molecule has 0 aliphatic rings. The van der Waals surface area contributed by atoms with Gasteiger partial charge in [0.25, 0.3) is 6.43 Å². The quantitative estimate of drug-likeness (QED) is 0.819. The van der Waals surface area contributed by atoms with Crippen molar-refractivity contribution in [2.75, 3.05) is 19.0 Å². The first-order valence-corrected chi connectivity index (χ1v) is 5.02. The minimum Gasteiger partial charge on any atom is -0.461 e. The minimum absolute atomic E-state index is 0.0311. The Morgan fingerprint density at radius 2 is 1.82 bits per heavy atom. The molecule has 0 saturated heterocycles. The van der Waals surface area contributed by atoms with Crippen molar-refractivity contribution in [2.24, 2.45) is 0 Å². The highest BCUT2D eigenvalue weighted by Gasteiger charge is 2.11. The lowest BCUT2D eigenvalue weighted by molar-refractivity contribution is 0.0760. The number of hydrogen-bond donors (Lipinski definition) is 1. The van der Waals surface area contributed by atoms with E-state index in [1.165, 1.54) is 0 Å². The molecular formula is C9H14F2N4O2. The summed E-state index contributed by atoms with van der Waals surface area (Å²) < 4.78 is 33.9. The van der Waals surface area contributed by atoms with Crippen LogP contribution in [-0.4, -0.2) is 41.1 Å². The molecular weight excluding hydrogens is 234 g/mol. The van der Waals surface area contributed by atoms with Gasteiger partial charge in [0.05, 0.1) is 6.10 Å². The van der Waals surface area contributed by atoms with Crippen molar-refractivity contribution in [2.45, 2.75) is 26.4 Å². The van der Waals surface area contributed by atoms with Crippen molar-refractivity contribution in [3.05, 3.63) is 0 Å². The van der Waals surface area contributed by atoms with Gasteiger partial charge in [-0.25, -0.2) is 8.78 Å². The van der Waals surface area contributed by atoms with E-state index in [1.54, 1.807) is 20.9 Å². The summed E-state index contributed by atoms with van der Waals surface area (Å²) in [5, 5.41) is 2.66. The Bertz CT molecular complexity index is 363. The first kappa shape index (κ1) is 13.3. The summed E-state index contributed by atoms with van der Waals surface area (Å²) in [5.41, 5.74) is 0. The van der Waals surface area contributed by atoms with Crippen LogP contribution in [-0.2, 0) is 0 Å². The van der Waals surface area contributed by atoms with Gasteiger partial charge in [-0.05, 0) is 13.8 Å². The summed E-state index contributed by atoms with van der Waals surface area (Å²) in [6.07, 6.45) is -2.72. The van der Waals surface area contributed by atoms with Crippen molar-refractivity contribution in [1.29, 1.82) is 0 Å². The second-order valence-electron chi connectivity index (χ2n) is 3.34. The van der Waals surface area contributed by atoms with Crippen LogP contribution >= 0.6 is 0 Å². The summed E-state index contributed by atoms with van der Waals surface area (Å²) in [6.45, 7) is 2.82. The van der Waals surface area contributed by atoms with Gasteiger partial charge in [0.2, 0.25) is 5.95 Å². The predicted octanol–water partition coefficient (Wildman–Crippen LogP) is 1.34. The van der Waals surface area contributed by atoms with E-state index in [-0.39, 0.29) is 24.1 Å². The fourth-order valence-corrected chi connectivity index (χ4v) is 0.915. The molecule has 1 rings (SSSR count). The van der Waals surface area contributed by atoms with Gasteiger partial charge in [-0.1, -0.05) is 0 Å². The molecule has 0 unspecified atom stereocenters. The molecule has 8 heteroatoms. The molecule has 0 radical (unpaired) electrons. The lowest BCUT2D eigenvalue weighted by Crippen LogP contribution is -2.14. The highest BCUT2D eigenvalue weighted by atomic mass is 19.3. The summed E-state index contributed by atoms with van der Waals surface area (Å²) in [7, 11) is 1.59. The first-order chi connectivity index (χ1) is 8.01. The van der Waals surface area contributed by atoms with E-state index < -0.39 is 13.0 Å². The Morgan fingerprint density at radius 1 is 1.18 bits per heavy atom. The lowest BCUT2D eigenvalue weighted by atomic mass is 10.5. The van der Waals surface area contributed by atoms with Crippen LogP contribution in [0.4, 0.5) is 14.7 Å². The highest BCUT2D eigenvalue weighted by molar-refractivity contribution is 5.26. The van der Waals surface area contributed by atoms with Crippen LogP contribution in [0.25, 0.3) is 0 Å². The molecule has 0 atom stereocenters. The third-order valence-electron chi connectivity index (χ3n) is 1.50. The molecule has 0 saturated carbocycles. The van der Waals surface area contributed by atoms with Crippen LogP contribution in [0.5, 0.6) is 12.0 Å². The van der Waals surface area contributed by atoms with E-state index >= 15 is 0 Å². The zero-order chi connectivity index (χ0) is 12.8. The highest BCUT2D eigenvalue weighted by Crippen LogP contribution is 2.14. The number of aromatic nitrogens is 3. The molecule has 1 heterocycles. The SMILES string of the molecule is CNc1nc(OCC(F)F)nc(OC(C)C)n1. The van der Waals surface area contributed by atoms with Crippen molar-refractivity contribution in [1.82, 2.24) is 15.0 Å². The average Bonchev–Trinajstić information content (AvgIpc) is 2.25. The van der Waals surface area contributed by atoms with Gasteiger partial charge in [0.1, 0.15) is 0 Å². The Labute approximate surface area is 97.4 Å². The fraction of sp³-hybridized carbons (Fsp3) is 0.667. The molecule has 0 fully saturated rings. The van der Waals surface area contributed by atoms with E-state index in [9.17, 15) is 8.78 Å². The Morgan fingerprint density at radius 3 is 2.35 bits per heavy atom. The molecule has 6 nitrogen and oxygen atoms in total. The lowest BCUT2D eigenvalue weighted by Gasteiger charge is -2.10. The van der Waals surface area contributed by atoms with E-state index in [2.05, 4.69) is 20.3 Å². The molecule has 0 amide bonds. The molecule has 0 bridgehead atoms. The van der Waals surface area contributed by atoms with E-state index in [0.29, 0.717) is 0 Å². The van der Waals surface area contributed by atoms with E-state index in [1.807, 2.05) is 0 Å². The number of alkyl halides is 2. The van der Waals surface area contributed by atoms with Gasteiger partial charge in [0, 0.05) is 7.05 Å². The predicted molar refractivity (Wildman–Crippen MR) is 56.6 cm³/mol. The third kappa shape index (κ3) is 4.75. The number of nitrogens with one attached hydrogen (secondary N) is 1. The summed E-state index contributed by atoms with van der Waals surface area (Å²) in [6, 6.07) is -0.163. The normalized spacial score (nSPS) is 10.8. The zero-order valence-corrected chi connectivity index (χ0v) is 9.78. The number of halogens is 2. The van der Waals surface area contributed by atoms with Gasteiger partial charge in [0.15, 0.2) is 6.61 Å². The second kappa shape index (κ2) is 6.12. The molecule has 1 N–H and O–H groups in total. The van der Waals surface area contributed by atoms with Gasteiger partial charge in [-0.2, -0.15) is 9.97 Å². The van der Waals surface area contributed by atoms with Gasteiger partial charge < -0.3 is 14.8 Å². The van der Waals surface area contributed by atoms with Crippen LogP contribution in [0.2, 0.25) is 0 Å². The van der Waals surface area contributed by atoms with Crippen molar-refractivity contribution >= 4 is 5.95 Å². The smallest absolute Gasteiger partial charge is 0.324 e. The van der Waals surface area contributed by atoms with Crippen molar-refractivity contribution < 1.29 is 18.3 Å². The van der Waals surface area contributed by atoms with Crippen LogP contribution in [0, 0.1) is 0 Å². The Kier molecular flexibility index (Phi) is 4.80. The third-order valence-corrected chi connectivity index (χ3v) is 1.50. The molecule has 0 aliphatic heterocycles. The van der Waals surface area contributed by atoms with E-state index in [0.717, 1.165) is 0 Å². The standard InChI is InChI=1S/C9H14F2N4O2/c1-5(2)17-9-14-7(12-3)13-8(15-9)16-4-6(10)11/h5-6H,4H2,1-3H3,(H,12,13,14,15). The van der Waals surface area contributed by atoms with E-state index in [4.69, 9.17) is 9.47 Å². The van der Waals surface area contributed by atoms with Gasteiger partial charge >= 0.3 is 12.0 Å². The monoisotopic (exact) mass is 248 g/mol. The molecule has 0 aromatic carbocycles. The van der Waals surface area contributed by atoms with Gasteiger partial charge in [-0.3, -0.25) is 0 Å². The van der Waals surface area contributed by atoms with Crippen LogP contribution in [0.1, 0.15) is 13.8 Å². The molecule has 96 valence electrons. The summed E-state index contributed by atoms with van der Waals surface area (Å²) >= 11 is 0. The van der Waals surface area contributed by atoms with Crippen LogP contribution < -0.4 is 14.8 Å². The fourth-order valence-electron chi connectivity index (χ4n) is 0.915. The maximum atomic E-state index is 12.0. The maximum Gasteiger partial charge on any atom is 0.324 e. The number of anilines is 1. The number of hydrogen-bond acceptors (Lipinski definition) is 6. The maximum absolute atomic E-state index is 12.0. The topological polar surface area (TPSA) is 69.2 Å². The molecule has 0 aliphatic carbocycles. The molecule has 1 aromatic heterocycles. The van der Waals surface area contributed by atoms with Crippen LogP contribution in [0.3, 0.4) is 0 Å². The summed E-state index contributed by atoms with van der Waals surface area (Å²) in [4.78, 5) is 11.4. The zero-order valence-electron chi connectivity index (χ0n) is 9.78. The first-order valence-electron chi connectivity index (χ1n) is 5.02. The minimum atomic E-state index is -2.58. The number of rotatable bonds is 6. The molecule has 0 spiro atoms. The Balaban J connectivity index is 2.81. The van der Waals surface area contributed by atoms with Crippen LogP contribution in [0.15, 0.2) is 0 Å². The summed E-state index contributed by atoms with van der Waals surface area (Å²) in [5.74, 6) is 0.194. The molecule has 17 heavy (non-hydrogen) atoms. The average molecular weight is 248 g/mol. The second-order valence-corrected chi connectivity index (χ2v) is 3.34. The largest absolute Gasteiger partial charge is 0.461 e. The number of nitrogens with zero attached hydrogens (tertiary/aromatic N) is 3. The van der Waals surface area contributed by atoms with Gasteiger partial charge in [-0.15, -0.1) is 4.98 Å². The number of ether oxygens (including phenoxy) is 2. The Hall–Kier alpha value is -1.73. The van der Waals surface area contributed by atoms with Crippen molar-refractivity contribution in [3.8, 4) is 12.0 Å². The molecule has 1 aromatic rings.